The number of nitrogens with zero attached hydrogens (tertiary/aromatic N) is 1. The number of nitrogens with one attached hydrogen (secondary N) is 1. The second-order valence-corrected chi connectivity index (χ2v) is 5.23. The summed E-state index contributed by atoms with van der Waals surface area (Å²) in [6.07, 6.45) is -2.73. The minimum Gasteiger partial charge on any atom is -0.339 e. The molecule has 4 nitrogen and oxygen atoms in total. The number of carbonyl (C=O) groups is 2. The molecule has 1 aliphatic heterocycles. The molecule has 1 atom stereocenters. The van der Waals surface area contributed by atoms with Gasteiger partial charge >= 0.3 is 6.18 Å². The lowest BCUT2D eigenvalue weighted by atomic mass is 10.1. The highest BCUT2D eigenvalue weighted by atomic mass is 19.4. The summed E-state index contributed by atoms with van der Waals surface area (Å²) in [5.41, 5.74) is -0.0340. The Bertz CT molecular complexity index is 531. The quantitative estimate of drug-likeness (QED) is 0.928. The molecule has 1 fully saturated rings. The van der Waals surface area contributed by atoms with Crippen LogP contribution in [0.5, 0.6) is 0 Å². The van der Waals surface area contributed by atoms with E-state index in [0.29, 0.717) is 13.0 Å². The van der Waals surface area contributed by atoms with Gasteiger partial charge in [0.15, 0.2) is 6.04 Å². The Labute approximate surface area is 126 Å². The molecular formula is C15H17F3N2O2. The van der Waals surface area contributed by atoms with Gasteiger partial charge in [-0.1, -0.05) is 30.3 Å². The van der Waals surface area contributed by atoms with Crippen molar-refractivity contribution < 1.29 is 22.8 Å². The molecule has 1 aromatic rings. The van der Waals surface area contributed by atoms with E-state index in [1.54, 1.807) is 6.07 Å². The van der Waals surface area contributed by atoms with Gasteiger partial charge < -0.3 is 10.2 Å². The van der Waals surface area contributed by atoms with E-state index in [2.05, 4.69) is 0 Å². The third-order valence-electron chi connectivity index (χ3n) is 3.52. The van der Waals surface area contributed by atoms with Crippen LogP contribution in [0.1, 0.15) is 30.9 Å². The summed E-state index contributed by atoms with van der Waals surface area (Å²) in [6.45, 7) is 0.0759. The number of hydrogen-bond acceptors (Lipinski definition) is 2. The Kier molecular flexibility index (Phi) is 5.05. The van der Waals surface area contributed by atoms with E-state index in [4.69, 9.17) is 0 Å². The predicted molar refractivity (Wildman–Crippen MR) is 73.8 cm³/mol. The van der Waals surface area contributed by atoms with Gasteiger partial charge in [0.05, 0.1) is 6.54 Å². The number of alkyl halides is 3. The number of benzene rings is 1. The zero-order valence-corrected chi connectivity index (χ0v) is 11.9. The summed E-state index contributed by atoms with van der Waals surface area (Å²) in [5.74, 6) is -0.994. The average molecular weight is 314 g/mol. The van der Waals surface area contributed by atoms with Crippen molar-refractivity contribution in [2.24, 2.45) is 0 Å². The summed E-state index contributed by atoms with van der Waals surface area (Å²) in [4.78, 5) is 24.8. The molecule has 1 N–H and O–H groups in total. The largest absolute Gasteiger partial charge is 0.412 e. The molecule has 0 bridgehead atoms. The SMILES string of the molecule is O=C(CN1CCCCC1=O)NC(c1ccccc1)C(F)(F)F. The van der Waals surface area contributed by atoms with Crippen LogP contribution in [0.3, 0.4) is 0 Å². The van der Waals surface area contributed by atoms with E-state index in [1.807, 2.05) is 5.32 Å². The Morgan fingerprint density at radius 2 is 1.91 bits per heavy atom. The molecule has 0 saturated carbocycles. The summed E-state index contributed by atoms with van der Waals surface area (Å²) in [7, 11) is 0. The number of halogens is 3. The molecule has 1 heterocycles. The van der Waals surface area contributed by atoms with E-state index in [0.717, 1.165) is 12.8 Å². The Hall–Kier alpha value is -2.05. The normalized spacial score (nSPS) is 17.2. The van der Waals surface area contributed by atoms with E-state index in [9.17, 15) is 22.8 Å². The molecule has 22 heavy (non-hydrogen) atoms. The minimum absolute atomic E-state index is 0.0340. The minimum atomic E-state index is -4.59. The van der Waals surface area contributed by atoms with Crippen LogP contribution >= 0.6 is 0 Å². The van der Waals surface area contributed by atoms with Crippen LogP contribution < -0.4 is 5.32 Å². The first-order valence-electron chi connectivity index (χ1n) is 7.07. The van der Waals surface area contributed by atoms with E-state index in [1.165, 1.54) is 29.2 Å². The molecule has 0 aromatic heterocycles. The van der Waals surface area contributed by atoms with Crippen molar-refractivity contribution in [3.05, 3.63) is 35.9 Å². The average Bonchev–Trinajstić information content (AvgIpc) is 2.47. The van der Waals surface area contributed by atoms with Crippen LogP contribution in [-0.2, 0) is 9.59 Å². The fraction of sp³-hybridized carbons (Fsp3) is 0.467. The van der Waals surface area contributed by atoms with Crippen molar-refractivity contribution in [3.63, 3.8) is 0 Å². The molecule has 1 aromatic carbocycles. The molecule has 120 valence electrons. The van der Waals surface area contributed by atoms with Crippen LogP contribution in [0.2, 0.25) is 0 Å². The van der Waals surface area contributed by atoms with Crippen molar-refractivity contribution in [2.45, 2.75) is 31.5 Å². The summed E-state index contributed by atoms with van der Waals surface area (Å²) in [5, 5.41) is 1.98. The first-order valence-corrected chi connectivity index (χ1v) is 7.07. The topological polar surface area (TPSA) is 49.4 Å². The van der Waals surface area contributed by atoms with Crippen molar-refractivity contribution in [2.75, 3.05) is 13.1 Å². The third-order valence-corrected chi connectivity index (χ3v) is 3.52. The molecular weight excluding hydrogens is 297 g/mol. The van der Waals surface area contributed by atoms with E-state index < -0.39 is 18.1 Å². The predicted octanol–water partition coefficient (Wildman–Crippen LogP) is 2.42. The lowest BCUT2D eigenvalue weighted by Crippen LogP contribution is -2.46. The summed E-state index contributed by atoms with van der Waals surface area (Å²) < 4.78 is 39.4. The Balaban J connectivity index is 2.04. The Morgan fingerprint density at radius 1 is 1.23 bits per heavy atom. The standard InChI is InChI=1S/C15H17F3N2O2/c16-15(17,18)14(11-6-2-1-3-7-11)19-12(21)10-20-9-5-4-8-13(20)22/h1-3,6-7,14H,4-5,8-10H2,(H,19,21). The van der Waals surface area contributed by atoms with Gasteiger partial charge in [-0.2, -0.15) is 13.2 Å². The Morgan fingerprint density at radius 3 is 2.50 bits per heavy atom. The number of hydrogen-bond donors (Lipinski definition) is 1. The lowest BCUT2D eigenvalue weighted by molar-refractivity contribution is -0.164. The van der Waals surface area contributed by atoms with Gasteiger partial charge in [-0.05, 0) is 18.4 Å². The van der Waals surface area contributed by atoms with Gasteiger partial charge in [0, 0.05) is 13.0 Å². The smallest absolute Gasteiger partial charge is 0.339 e. The van der Waals surface area contributed by atoms with Gasteiger partial charge in [0.2, 0.25) is 11.8 Å². The number of amides is 2. The zero-order chi connectivity index (χ0) is 16.2. The molecule has 2 amide bonds. The van der Waals surface area contributed by atoms with Crippen LogP contribution in [0.25, 0.3) is 0 Å². The van der Waals surface area contributed by atoms with Gasteiger partial charge in [0.1, 0.15) is 0 Å². The number of carbonyl (C=O) groups excluding carboxylic acids is 2. The zero-order valence-electron chi connectivity index (χ0n) is 11.9. The van der Waals surface area contributed by atoms with Crippen molar-refractivity contribution in [1.82, 2.24) is 10.2 Å². The second-order valence-electron chi connectivity index (χ2n) is 5.23. The van der Waals surface area contributed by atoms with Gasteiger partial charge in [0.25, 0.3) is 0 Å². The molecule has 1 unspecified atom stereocenters. The summed E-state index contributed by atoms with van der Waals surface area (Å²) in [6, 6.07) is 5.12. The maximum atomic E-state index is 13.1. The first kappa shape index (κ1) is 16.3. The summed E-state index contributed by atoms with van der Waals surface area (Å²) >= 11 is 0. The van der Waals surface area contributed by atoms with Gasteiger partial charge in [-0.15, -0.1) is 0 Å². The van der Waals surface area contributed by atoms with E-state index in [-0.39, 0.29) is 18.0 Å². The number of rotatable bonds is 4. The molecule has 0 radical (unpaired) electrons. The maximum Gasteiger partial charge on any atom is 0.412 e. The van der Waals surface area contributed by atoms with Crippen LogP contribution in [0.15, 0.2) is 30.3 Å². The van der Waals surface area contributed by atoms with Crippen molar-refractivity contribution >= 4 is 11.8 Å². The maximum absolute atomic E-state index is 13.1. The monoisotopic (exact) mass is 314 g/mol. The van der Waals surface area contributed by atoms with Crippen LogP contribution in [-0.4, -0.2) is 36.0 Å². The molecule has 2 rings (SSSR count). The van der Waals surface area contributed by atoms with Gasteiger partial charge in [-0.25, -0.2) is 0 Å². The first-order chi connectivity index (χ1) is 10.4. The van der Waals surface area contributed by atoms with Crippen LogP contribution in [0, 0.1) is 0 Å². The molecule has 0 spiro atoms. The third kappa shape index (κ3) is 4.22. The fourth-order valence-electron chi connectivity index (χ4n) is 2.41. The van der Waals surface area contributed by atoms with E-state index >= 15 is 0 Å². The van der Waals surface area contributed by atoms with Crippen molar-refractivity contribution in [1.29, 1.82) is 0 Å². The van der Waals surface area contributed by atoms with Gasteiger partial charge in [-0.3, -0.25) is 9.59 Å². The highest BCUT2D eigenvalue weighted by Crippen LogP contribution is 2.32. The molecule has 1 saturated heterocycles. The lowest BCUT2D eigenvalue weighted by Gasteiger charge is -2.28. The highest BCUT2D eigenvalue weighted by Gasteiger charge is 2.42. The van der Waals surface area contributed by atoms with Crippen molar-refractivity contribution in [3.8, 4) is 0 Å². The van der Waals surface area contributed by atoms with Crippen LogP contribution in [0.4, 0.5) is 13.2 Å². The highest BCUT2D eigenvalue weighted by molar-refractivity contribution is 5.85. The molecule has 0 aliphatic carbocycles. The second kappa shape index (κ2) is 6.81. The fourth-order valence-corrected chi connectivity index (χ4v) is 2.41. The molecule has 7 heteroatoms. The number of likely N-dealkylation sites (tertiary alicyclic amines) is 1. The molecule has 1 aliphatic rings. The number of piperidine rings is 1.